The third kappa shape index (κ3) is 2.78. The van der Waals surface area contributed by atoms with Crippen molar-refractivity contribution >= 4 is 5.78 Å². The van der Waals surface area contributed by atoms with Crippen LogP contribution in [0.2, 0.25) is 0 Å². The quantitative estimate of drug-likeness (QED) is 0.740. The predicted octanol–water partition coefficient (Wildman–Crippen LogP) is 3.10. The minimum absolute atomic E-state index is 0.0105. The third-order valence-electron chi connectivity index (χ3n) is 2.27. The maximum atomic E-state index is 12.9. The van der Waals surface area contributed by atoms with Gasteiger partial charge in [0.2, 0.25) is 5.78 Å². The van der Waals surface area contributed by atoms with Crippen molar-refractivity contribution < 1.29 is 18.3 Å². The van der Waals surface area contributed by atoms with Crippen molar-refractivity contribution in [2.45, 2.75) is 26.2 Å². The van der Waals surface area contributed by atoms with Crippen LogP contribution >= 0.6 is 0 Å². The average molecular weight is 228 g/mol. The molecule has 0 heterocycles. The Balaban J connectivity index is 3.18. The summed E-state index contributed by atoms with van der Waals surface area (Å²) < 4.78 is 30.7. The van der Waals surface area contributed by atoms with Gasteiger partial charge in [-0.15, -0.1) is 0 Å². The minimum Gasteiger partial charge on any atom is -0.497 e. The van der Waals surface area contributed by atoms with Crippen LogP contribution in [0.1, 0.15) is 29.8 Å². The molecule has 0 saturated carbocycles. The molecular weight excluding hydrogens is 214 g/mol. The second kappa shape index (κ2) is 4.60. The summed E-state index contributed by atoms with van der Waals surface area (Å²) in [5, 5.41) is 0. The van der Waals surface area contributed by atoms with Crippen LogP contribution in [0.4, 0.5) is 8.78 Å². The molecule has 0 aliphatic carbocycles. The topological polar surface area (TPSA) is 26.3 Å². The van der Waals surface area contributed by atoms with E-state index in [1.807, 2.05) is 6.92 Å². The molecule has 0 amide bonds. The Labute approximate surface area is 93.2 Å². The molecule has 0 saturated heterocycles. The summed E-state index contributed by atoms with van der Waals surface area (Å²) in [5.74, 6) is -4.11. The first-order chi connectivity index (χ1) is 7.38. The molecule has 88 valence electrons. The van der Waals surface area contributed by atoms with Gasteiger partial charge in [-0.05, 0) is 30.2 Å². The maximum Gasteiger partial charge on any atom is 0.307 e. The molecule has 1 rings (SSSR count). The Morgan fingerprint density at radius 1 is 1.38 bits per heavy atom. The van der Waals surface area contributed by atoms with E-state index in [0.29, 0.717) is 19.1 Å². The smallest absolute Gasteiger partial charge is 0.307 e. The number of hydrogen-bond donors (Lipinski definition) is 0. The summed E-state index contributed by atoms with van der Waals surface area (Å²) in [4.78, 5) is 11.4. The summed E-state index contributed by atoms with van der Waals surface area (Å²) in [6.07, 6.45) is 0.659. The molecule has 0 aliphatic heterocycles. The van der Waals surface area contributed by atoms with Crippen molar-refractivity contribution in [1.82, 2.24) is 0 Å². The highest BCUT2D eigenvalue weighted by Gasteiger charge is 2.33. The van der Waals surface area contributed by atoms with E-state index in [-0.39, 0.29) is 5.56 Å². The first-order valence-corrected chi connectivity index (χ1v) is 4.99. The molecule has 0 aliphatic rings. The number of carbonyl (C=O) groups is 1. The summed E-state index contributed by atoms with van der Waals surface area (Å²) in [6, 6.07) is 4.53. The van der Waals surface area contributed by atoms with Crippen LogP contribution in [0.15, 0.2) is 18.2 Å². The van der Waals surface area contributed by atoms with Gasteiger partial charge in [0.05, 0.1) is 7.11 Å². The molecule has 1 aromatic rings. The number of ether oxygens (including phenoxy) is 1. The number of carbonyl (C=O) groups excluding carboxylic acids is 1. The fourth-order valence-electron chi connectivity index (χ4n) is 1.37. The van der Waals surface area contributed by atoms with Gasteiger partial charge in [0.1, 0.15) is 5.75 Å². The van der Waals surface area contributed by atoms with E-state index in [4.69, 9.17) is 4.74 Å². The molecule has 0 bridgehead atoms. The molecule has 1 aromatic carbocycles. The molecular formula is C12H14F2O2. The maximum absolute atomic E-state index is 12.9. The molecule has 0 radical (unpaired) electrons. The van der Waals surface area contributed by atoms with E-state index in [1.54, 1.807) is 6.07 Å². The van der Waals surface area contributed by atoms with Crippen molar-refractivity contribution in [3.63, 3.8) is 0 Å². The summed E-state index contributed by atoms with van der Waals surface area (Å²) in [5.41, 5.74) is 0.788. The second-order valence-corrected chi connectivity index (χ2v) is 3.64. The van der Waals surface area contributed by atoms with Gasteiger partial charge in [-0.2, -0.15) is 8.78 Å². The van der Waals surface area contributed by atoms with Gasteiger partial charge in [-0.3, -0.25) is 4.79 Å². The number of hydrogen-bond acceptors (Lipinski definition) is 2. The van der Waals surface area contributed by atoms with Crippen molar-refractivity contribution in [2.24, 2.45) is 0 Å². The van der Waals surface area contributed by atoms with Crippen LogP contribution in [0, 0.1) is 0 Å². The van der Waals surface area contributed by atoms with Gasteiger partial charge >= 0.3 is 5.92 Å². The fourth-order valence-corrected chi connectivity index (χ4v) is 1.37. The zero-order valence-electron chi connectivity index (χ0n) is 9.51. The van der Waals surface area contributed by atoms with Gasteiger partial charge in [0, 0.05) is 12.5 Å². The molecule has 0 unspecified atom stereocenters. The van der Waals surface area contributed by atoms with Crippen molar-refractivity contribution in [2.75, 3.05) is 7.11 Å². The number of alkyl halides is 2. The molecule has 0 aromatic heterocycles. The predicted molar refractivity (Wildman–Crippen MR) is 57.3 cm³/mol. The number of Topliss-reactive ketones (excluding diaryl/α,β-unsaturated/α-hetero) is 1. The normalized spacial score (nSPS) is 11.3. The molecule has 0 N–H and O–H groups in total. The number of ketones is 1. The molecule has 0 spiro atoms. The number of aryl methyl sites for hydroxylation is 1. The van der Waals surface area contributed by atoms with Crippen LogP contribution in [-0.2, 0) is 6.42 Å². The van der Waals surface area contributed by atoms with Crippen LogP contribution in [0.3, 0.4) is 0 Å². The van der Waals surface area contributed by atoms with E-state index in [0.717, 1.165) is 5.56 Å². The lowest BCUT2D eigenvalue weighted by Crippen LogP contribution is -2.24. The molecule has 0 fully saturated rings. The Morgan fingerprint density at radius 2 is 2.00 bits per heavy atom. The van der Waals surface area contributed by atoms with Gasteiger partial charge in [-0.25, -0.2) is 0 Å². The Morgan fingerprint density at radius 3 is 2.44 bits per heavy atom. The van der Waals surface area contributed by atoms with E-state index < -0.39 is 11.7 Å². The zero-order chi connectivity index (χ0) is 12.3. The number of methoxy groups -OCH3 is 1. The highest BCUT2D eigenvalue weighted by atomic mass is 19.3. The minimum atomic E-state index is -3.35. The molecule has 4 heteroatoms. The average Bonchev–Trinajstić information content (AvgIpc) is 2.26. The van der Waals surface area contributed by atoms with Crippen molar-refractivity contribution in [1.29, 1.82) is 0 Å². The summed E-state index contributed by atoms with van der Waals surface area (Å²) in [7, 11) is 1.44. The standard InChI is InChI=1S/C12H14F2O2/c1-4-8-5-9(7-10(6-8)16-3)11(15)12(2,13)14/h5-7H,4H2,1-3H3. The number of rotatable bonds is 4. The Bertz CT molecular complexity index is 372. The van der Waals surface area contributed by atoms with E-state index >= 15 is 0 Å². The highest BCUT2D eigenvalue weighted by Crippen LogP contribution is 2.24. The van der Waals surface area contributed by atoms with Gasteiger partial charge in [0.15, 0.2) is 0 Å². The van der Waals surface area contributed by atoms with Crippen LogP contribution in [0.25, 0.3) is 0 Å². The highest BCUT2D eigenvalue weighted by molar-refractivity contribution is 6.01. The number of halogens is 2. The lowest BCUT2D eigenvalue weighted by atomic mass is 10.0. The SMILES string of the molecule is CCc1cc(OC)cc(C(=O)C(C)(F)F)c1. The lowest BCUT2D eigenvalue weighted by Gasteiger charge is -2.11. The van der Waals surface area contributed by atoms with Crippen LogP contribution in [-0.4, -0.2) is 18.8 Å². The molecule has 16 heavy (non-hydrogen) atoms. The monoisotopic (exact) mass is 228 g/mol. The summed E-state index contributed by atoms with van der Waals surface area (Å²) in [6.45, 7) is 2.48. The fraction of sp³-hybridized carbons (Fsp3) is 0.417. The van der Waals surface area contributed by atoms with E-state index in [1.165, 1.54) is 19.2 Å². The van der Waals surface area contributed by atoms with Crippen molar-refractivity contribution in [3.8, 4) is 5.75 Å². The van der Waals surface area contributed by atoms with Crippen molar-refractivity contribution in [3.05, 3.63) is 29.3 Å². The first kappa shape index (κ1) is 12.6. The largest absolute Gasteiger partial charge is 0.497 e. The second-order valence-electron chi connectivity index (χ2n) is 3.64. The van der Waals surface area contributed by atoms with Gasteiger partial charge < -0.3 is 4.74 Å². The van der Waals surface area contributed by atoms with E-state index in [2.05, 4.69) is 0 Å². The Hall–Kier alpha value is -1.45. The zero-order valence-corrected chi connectivity index (χ0v) is 9.51. The van der Waals surface area contributed by atoms with Gasteiger partial charge in [-0.1, -0.05) is 6.92 Å². The lowest BCUT2D eigenvalue weighted by molar-refractivity contribution is 0.0221. The van der Waals surface area contributed by atoms with Gasteiger partial charge in [0.25, 0.3) is 0 Å². The molecule has 2 nitrogen and oxygen atoms in total. The van der Waals surface area contributed by atoms with E-state index in [9.17, 15) is 13.6 Å². The number of benzene rings is 1. The van der Waals surface area contributed by atoms with Crippen LogP contribution < -0.4 is 4.74 Å². The van der Waals surface area contributed by atoms with Crippen LogP contribution in [0.5, 0.6) is 5.75 Å². The third-order valence-corrected chi connectivity index (χ3v) is 2.27. The summed E-state index contributed by atoms with van der Waals surface area (Å²) >= 11 is 0. The first-order valence-electron chi connectivity index (χ1n) is 4.99. The Kier molecular flexibility index (Phi) is 3.62. The molecule has 0 atom stereocenters.